The Balaban J connectivity index is 0.00000208. The Hall–Kier alpha value is -4.81. The molecule has 62 heavy (non-hydrogen) atoms. The van der Waals surface area contributed by atoms with Gasteiger partial charge in [-0.15, -0.1) is 0 Å². The number of hydrogen-bond acceptors (Lipinski definition) is 9. The van der Waals surface area contributed by atoms with Gasteiger partial charge < -0.3 is 31.9 Å². The lowest BCUT2D eigenvalue weighted by molar-refractivity contribution is -0.191. The molecule has 0 spiro atoms. The quantitative estimate of drug-likeness (QED) is 0.200. The number of fused-ring (bicyclic) bond motifs is 3. The molecule has 3 unspecified atom stereocenters. The van der Waals surface area contributed by atoms with Gasteiger partial charge in [0.25, 0.3) is 0 Å². The van der Waals surface area contributed by atoms with E-state index in [1.54, 1.807) is 21.6 Å². The Morgan fingerprint density at radius 1 is 0.742 bits per heavy atom. The molecule has 4 amide bonds. The van der Waals surface area contributed by atoms with Crippen LogP contribution in [-0.2, 0) is 54.6 Å². The summed E-state index contributed by atoms with van der Waals surface area (Å²) in [6.07, 6.45) is 6.70. The zero-order chi connectivity index (χ0) is 44.9. The molecule has 0 saturated carbocycles. The van der Waals surface area contributed by atoms with Crippen LogP contribution in [0.5, 0.6) is 0 Å². The van der Waals surface area contributed by atoms with Crippen LogP contribution in [0, 0.1) is 5.41 Å². The molecule has 7 rings (SSSR count). The van der Waals surface area contributed by atoms with E-state index < -0.39 is 34.3 Å². The Kier molecular flexibility index (Phi) is 14.8. The summed E-state index contributed by atoms with van der Waals surface area (Å²) in [6.45, 7) is 12.5. The molecule has 6 N–H and O–H groups in total. The topological polar surface area (TPSA) is 185 Å². The zero-order valence-electron chi connectivity index (χ0n) is 37.1. The van der Waals surface area contributed by atoms with Crippen LogP contribution in [0.25, 0.3) is 0 Å². The van der Waals surface area contributed by atoms with Gasteiger partial charge in [-0.2, -0.15) is 21.4 Å². The minimum Gasteiger partial charge on any atom is -0.347 e. The summed E-state index contributed by atoms with van der Waals surface area (Å²) in [6, 6.07) is 19.6. The molecule has 3 aromatic carbocycles. The molecule has 4 aliphatic rings. The van der Waals surface area contributed by atoms with Crippen molar-refractivity contribution in [2.45, 2.75) is 146 Å². The fourth-order valence-corrected chi connectivity index (χ4v) is 10.7. The lowest BCUT2D eigenvalue weighted by Crippen LogP contribution is -2.60. The van der Waals surface area contributed by atoms with Gasteiger partial charge in [-0.25, -0.2) is 0 Å². The number of carbonyl (C=O) groups is 4. The molecule has 2 heterocycles. The number of nitrogens with two attached hydrogens (primary N) is 2. The van der Waals surface area contributed by atoms with Crippen molar-refractivity contribution < 1.29 is 28.8 Å². The first-order valence-electron chi connectivity index (χ1n) is 22.1. The molecule has 332 valence electrons. The number of likely N-dealkylation sites (tertiary alicyclic amines) is 1. The smallest absolute Gasteiger partial charge is 0.347 e. The molecule has 12 nitrogen and oxygen atoms in total. The first kappa shape index (κ1) is 46.7. The normalized spacial score (nSPS) is 22.9. The summed E-state index contributed by atoms with van der Waals surface area (Å²) in [5.41, 5.74) is 20.6. The Bertz CT molecular complexity index is 2160. The molecule has 7 atom stereocenters. The summed E-state index contributed by atoms with van der Waals surface area (Å²) >= 11 is 1.64. The molecular formula is C49H64N6O6S. The van der Waals surface area contributed by atoms with Gasteiger partial charge in [-0.3, -0.25) is 19.2 Å². The number of benzene rings is 3. The van der Waals surface area contributed by atoms with Crippen LogP contribution in [0.3, 0.4) is 0 Å². The fraction of sp³-hybridized carbons (Fsp3) is 0.531. The van der Waals surface area contributed by atoms with E-state index in [2.05, 4.69) is 60.0 Å². The van der Waals surface area contributed by atoms with Crippen molar-refractivity contribution in [2.75, 3.05) is 12.3 Å². The zero-order valence-corrected chi connectivity index (χ0v) is 37.9. The number of carbonyl (C=O) groups excluding carboxylic acids is 6. The summed E-state index contributed by atoms with van der Waals surface area (Å²) in [5, 5.41) is 6.67. The van der Waals surface area contributed by atoms with Crippen LogP contribution in [0.2, 0.25) is 0 Å². The van der Waals surface area contributed by atoms with Crippen molar-refractivity contribution >= 4 is 41.5 Å². The number of nitrogens with one attached hydrogen (secondary N) is 2. The van der Waals surface area contributed by atoms with E-state index in [1.165, 1.54) is 11.1 Å². The van der Waals surface area contributed by atoms with E-state index in [4.69, 9.17) is 21.1 Å². The molecule has 3 aromatic rings. The highest BCUT2D eigenvalue weighted by atomic mass is 32.2. The van der Waals surface area contributed by atoms with Gasteiger partial charge in [0.1, 0.15) is 12.1 Å². The number of aryl methyl sites for hydroxylation is 2. The van der Waals surface area contributed by atoms with E-state index in [9.17, 15) is 19.2 Å². The van der Waals surface area contributed by atoms with Crippen LogP contribution in [0.15, 0.2) is 66.7 Å². The summed E-state index contributed by atoms with van der Waals surface area (Å²) in [7, 11) is 0. The van der Waals surface area contributed by atoms with Gasteiger partial charge in [0.2, 0.25) is 23.6 Å². The van der Waals surface area contributed by atoms with Gasteiger partial charge in [0.15, 0.2) is 0 Å². The van der Waals surface area contributed by atoms with Crippen molar-refractivity contribution in [1.29, 1.82) is 0 Å². The standard InChI is InChI=1S/C48H64N6O4S.CO2/c1-7-59-48(5,6)42(50)46(58)54-27-33-24-31(22-23-32(33)25-39(54)43(55)51-37-20-12-16-29-14-8-10-18-35(29)37)34-26-40(53(28-34)45(57)41(49)47(2,3)4)44(56)52-38-21-13-17-30-15-9-11-19-36(30)38;2-1-3/h8-11,14-15,18-19,22-24,34,37-42H,7,12-13,16-17,20-21,25-28,49-50H2,1-6H3,(H,51,55)(H,52,56);/t34?,37?,38?,39-,40-,41+,42+;/m0./s1. The molecule has 0 aromatic heterocycles. The third-order valence-electron chi connectivity index (χ3n) is 13.4. The van der Waals surface area contributed by atoms with Crippen molar-refractivity contribution in [2.24, 2.45) is 16.9 Å². The Morgan fingerprint density at radius 2 is 1.27 bits per heavy atom. The molecule has 0 radical (unpaired) electrons. The third-order valence-corrected chi connectivity index (χ3v) is 14.7. The van der Waals surface area contributed by atoms with Crippen LogP contribution >= 0.6 is 11.8 Å². The maximum atomic E-state index is 14.5. The van der Waals surface area contributed by atoms with Crippen LogP contribution in [-0.4, -0.2) is 80.8 Å². The summed E-state index contributed by atoms with van der Waals surface area (Å²) in [5.74, 6) is -0.128. The number of amides is 4. The van der Waals surface area contributed by atoms with Gasteiger partial charge in [0.05, 0.1) is 24.2 Å². The fourth-order valence-electron chi connectivity index (χ4n) is 9.72. The van der Waals surface area contributed by atoms with Crippen molar-refractivity contribution in [3.8, 4) is 0 Å². The first-order valence-corrected chi connectivity index (χ1v) is 23.1. The van der Waals surface area contributed by atoms with Gasteiger partial charge in [0, 0.05) is 30.2 Å². The second-order valence-corrected chi connectivity index (χ2v) is 20.8. The minimum absolute atomic E-state index is 0.114. The monoisotopic (exact) mass is 864 g/mol. The van der Waals surface area contributed by atoms with Crippen LogP contribution in [0.4, 0.5) is 0 Å². The average Bonchev–Trinajstić information content (AvgIpc) is 3.71. The van der Waals surface area contributed by atoms with E-state index in [0.29, 0.717) is 19.4 Å². The number of nitrogens with zero attached hydrogens (tertiary/aromatic N) is 2. The molecule has 13 heteroatoms. The number of rotatable bonds is 10. The minimum atomic E-state index is -0.820. The summed E-state index contributed by atoms with van der Waals surface area (Å²) in [4.78, 5) is 77.0. The molecule has 2 aliphatic carbocycles. The van der Waals surface area contributed by atoms with Crippen LogP contribution in [0.1, 0.15) is 131 Å². The lowest BCUT2D eigenvalue weighted by atomic mass is 9.86. The van der Waals surface area contributed by atoms with E-state index in [1.807, 2.05) is 58.9 Å². The Labute approximate surface area is 370 Å². The molecule has 1 saturated heterocycles. The number of thioether (sulfide) groups is 1. The summed E-state index contributed by atoms with van der Waals surface area (Å²) < 4.78 is -0.541. The second-order valence-electron chi connectivity index (χ2n) is 18.9. The van der Waals surface area contributed by atoms with Crippen LogP contribution < -0.4 is 22.1 Å². The predicted molar refractivity (Wildman–Crippen MR) is 240 cm³/mol. The van der Waals surface area contributed by atoms with E-state index >= 15 is 0 Å². The highest BCUT2D eigenvalue weighted by Gasteiger charge is 2.46. The van der Waals surface area contributed by atoms with E-state index in [-0.39, 0.29) is 54.3 Å². The maximum Gasteiger partial charge on any atom is 0.373 e. The van der Waals surface area contributed by atoms with Gasteiger partial charge in [-0.05, 0) is 109 Å². The molecule has 1 fully saturated rings. The maximum absolute atomic E-state index is 14.5. The number of hydrogen-bond donors (Lipinski definition) is 4. The average molecular weight is 865 g/mol. The first-order chi connectivity index (χ1) is 29.5. The third kappa shape index (κ3) is 10.2. The largest absolute Gasteiger partial charge is 0.373 e. The van der Waals surface area contributed by atoms with Crippen molar-refractivity contribution in [3.05, 3.63) is 106 Å². The molecular weight excluding hydrogens is 801 g/mol. The van der Waals surface area contributed by atoms with Crippen molar-refractivity contribution in [1.82, 2.24) is 20.4 Å². The van der Waals surface area contributed by atoms with E-state index in [0.717, 1.165) is 72.1 Å². The highest BCUT2D eigenvalue weighted by molar-refractivity contribution is 8.00. The lowest BCUT2D eigenvalue weighted by Gasteiger charge is -2.41. The SMILES string of the molecule is CCSC(C)(C)[C@H](N)C(=O)N1Cc2cc(C3C[C@@H](C(=O)NC4CCCc5ccccc54)N(C(=O)[C@@H](N)C(C)(C)C)C3)ccc2C[C@H]1C(=O)NC1CCCc2ccccc21.O=C=O. The Morgan fingerprint density at radius 3 is 1.82 bits per heavy atom. The molecule has 0 bridgehead atoms. The molecule has 2 aliphatic heterocycles. The second kappa shape index (κ2) is 19.7. The van der Waals surface area contributed by atoms with Gasteiger partial charge in [-0.1, -0.05) is 94.4 Å². The van der Waals surface area contributed by atoms with Gasteiger partial charge >= 0.3 is 6.15 Å². The van der Waals surface area contributed by atoms with Crippen molar-refractivity contribution in [3.63, 3.8) is 0 Å². The highest BCUT2D eigenvalue weighted by Crippen LogP contribution is 2.39. The predicted octanol–water partition coefficient (Wildman–Crippen LogP) is 5.66.